The summed E-state index contributed by atoms with van der Waals surface area (Å²) in [5, 5.41) is 12.4. The fraction of sp³-hybridized carbons (Fsp3) is 0.125. The van der Waals surface area contributed by atoms with Gasteiger partial charge in [0.1, 0.15) is 24.0 Å². The van der Waals surface area contributed by atoms with Gasteiger partial charge in [-0.05, 0) is 78.9 Å². The number of halogens is 1. The van der Waals surface area contributed by atoms with Crippen molar-refractivity contribution in [2.24, 2.45) is 0 Å². The van der Waals surface area contributed by atoms with Gasteiger partial charge in [0, 0.05) is 10.2 Å². The Morgan fingerprint density at radius 3 is 2.27 bits per heavy atom. The van der Waals surface area contributed by atoms with Gasteiger partial charge in [0.15, 0.2) is 0 Å². The summed E-state index contributed by atoms with van der Waals surface area (Å²) in [4.78, 5) is 12.8. The van der Waals surface area contributed by atoms with E-state index in [4.69, 9.17) is 4.74 Å². The highest BCUT2D eigenvalue weighted by atomic mass is 79.9. The van der Waals surface area contributed by atoms with Crippen LogP contribution < -0.4 is 10.1 Å². The number of nitrogens with one attached hydrogen (secondary N) is 1. The van der Waals surface area contributed by atoms with E-state index < -0.39 is 5.91 Å². The number of hydrogen-bond donors (Lipinski definition) is 1. The van der Waals surface area contributed by atoms with Crippen molar-refractivity contribution in [2.45, 2.75) is 26.9 Å². The molecule has 0 atom stereocenters. The fourth-order valence-corrected chi connectivity index (χ4v) is 4.61. The summed E-state index contributed by atoms with van der Waals surface area (Å²) in [5.74, 6) is 0.236. The van der Waals surface area contributed by atoms with Crippen molar-refractivity contribution in [2.75, 3.05) is 5.32 Å². The van der Waals surface area contributed by atoms with E-state index in [1.165, 1.54) is 16.7 Å². The minimum Gasteiger partial charge on any atom is -0.489 e. The van der Waals surface area contributed by atoms with Gasteiger partial charge in [-0.2, -0.15) is 5.26 Å². The number of benzene rings is 4. The first-order chi connectivity index (χ1) is 17.9. The lowest BCUT2D eigenvalue weighted by Crippen LogP contribution is -2.13. The second-order valence-corrected chi connectivity index (χ2v) is 9.80. The predicted molar refractivity (Wildman–Crippen MR) is 152 cm³/mol. The Balaban J connectivity index is 1.40. The minimum absolute atomic E-state index is 0.0263. The fourth-order valence-electron chi connectivity index (χ4n) is 4.08. The van der Waals surface area contributed by atoms with Crippen molar-refractivity contribution >= 4 is 33.6 Å². The smallest absolute Gasteiger partial charge is 0.266 e. The molecule has 0 saturated heterocycles. The molecule has 0 aliphatic rings. The molecule has 0 aliphatic carbocycles. The highest BCUT2D eigenvalue weighted by Gasteiger charge is 2.11. The van der Waals surface area contributed by atoms with E-state index in [0.29, 0.717) is 18.0 Å². The molecule has 0 heterocycles. The van der Waals surface area contributed by atoms with E-state index >= 15 is 0 Å². The third-order valence-electron chi connectivity index (χ3n) is 5.79. The molecule has 0 bridgehead atoms. The first-order valence-electron chi connectivity index (χ1n) is 11.9. The van der Waals surface area contributed by atoms with Crippen LogP contribution in [0.1, 0.15) is 33.4 Å². The van der Waals surface area contributed by atoms with Gasteiger partial charge in [-0.1, -0.05) is 87.7 Å². The molecule has 4 rings (SSSR count). The number of nitriles is 1. The molecule has 184 valence electrons. The van der Waals surface area contributed by atoms with Crippen molar-refractivity contribution < 1.29 is 9.53 Å². The SMILES string of the molecule is Cc1cc(C)cc(Cc2ccc(/C=C(\C#N)C(=O)Nc3ccc(OCc4ccccc4)cc3)cc2Br)c1. The van der Waals surface area contributed by atoms with Gasteiger partial charge < -0.3 is 10.1 Å². The van der Waals surface area contributed by atoms with E-state index in [-0.39, 0.29) is 5.57 Å². The zero-order chi connectivity index (χ0) is 26.2. The topological polar surface area (TPSA) is 62.1 Å². The Morgan fingerprint density at radius 2 is 1.62 bits per heavy atom. The molecule has 1 N–H and O–H groups in total. The Hall–Kier alpha value is -4.14. The molecule has 0 aliphatic heterocycles. The maximum atomic E-state index is 12.8. The number of hydrogen-bond acceptors (Lipinski definition) is 3. The van der Waals surface area contributed by atoms with Crippen LogP contribution >= 0.6 is 15.9 Å². The molecule has 4 aromatic rings. The lowest BCUT2D eigenvalue weighted by Gasteiger charge is -2.09. The lowest BCUT2D eigenvalue weighted by molar-refractivity contribution is -0.112. The first-order valence-corrected chi connectivity index (χ1v) is 12.7. The average Bonchev–Trinajstić information content (AvgIpc) is 2.88. The van der Waals surface area contributed by atoms with E-state index in [1.807, 2.05) is 54.6 Å². The number of aryl methyl sites for hydroxylation is 2. The lowest BCUT2D eigenvalue weighted by atomic mass is 9.99. The van der Waals surface area contributed by atoms with Crippen LogP contribution in [-0.4, -0.2) is 5.91 Å². The largest absolute Gasteiger partial charge is 0.489 e. The molecule has 4 nitrogen and oxygen atoms in total. The highest BCUT2D eigenvalue weighted by Crippen LogP contribution is 2.24. The highest BCUT2D eigenvalue weighted by molar-refractivity contribution is 9.10. The summed E-state index contributed by atoms with van der Waals surface area (Å²) in [7, 11) is 0. The van der Waals surface area contributed by atoms with Crippen molar-refractivity contribution in [1.29, 1.82) is 5.26 Å². The molecule has 1 amide bonds. The van der Waals surface area contributed by atoms with Gasteiger partial charge in [-0.3, -0.25) is 4.79 Å². The van der Waals surface area contributed by atoms with Crippen molar-refractivity contribution in [3.05, 3.63) is 134 Å². The molecule has 0 fully saturated rings. The Kier molecular flexibility index (Phi) is 8.56. The summed E-state index contributed by atoms with van der Waals surface area (Å²) in [6.07, 6.45) is 2.39. The summed E-state index contributed by atoms with van der Waals surface area (Å²) >= 11 is 3.65. The van der Waals surface area contributed by atoms with Crippen LogP contribution in [0.25, 0.3) is 6.08 Å². The van der Waals surface area contributed by atoms with Crippen molar-refractivity contribution in [1.82, 2.24) is 0 Å². The van der Waals surface area contributed by atoms with Crippen molar-refractivity contribution in [3.8, 4) is 11.8 Å². The first kappa shape index (κ1) is 25.9. The Labute approximate surface area is 226 Å². The molecule has 0 radical (unpaired) electrons. The summed E-state index contributed by atoms with van der Waals surface area (Å²) < 4.78 is 6.72. The van der Waals surface area contributed by atoms with E-state index in [2.05, 4.69) is 53.3 Å². The zero-order valence-corrected chi connectivity index (χ0v) is 22.4. The number of carbonyl (C=O) groups is 1. The number of rotatable bonds is 8. The third kappa shape index (κ3) is 7.42. The van der Waals surface area contributed by atoms with Crippen LogP contribution in [0.4, 0.5) is 5.69 Å². The van der Waals surface area contributed by atoms with E-state index in [9.17, 15) is 10.1 Å². The number of carbonyl (C=O) groups excluding carboxylic acids is 1. The molecule has 0 aromatic heterocycles. The van der Waals surface area contributed by atoms with Crippen molar-refractivity contribution in [3.63, 3.8) is 0 Å². The number of nitrogens with zero attached hydrogens (tertiary/aromatic N) is 1. The Bertz CT molecular complexity index is 1450. The zero-order valence-electron chi connectivity index (χ0n) is 20.8. The summed E-state index contributed by atoms with van der Waals surface area (Å²) in [6, 6.07) is 31.4. The molecular formula is C32H27BrN2O2. The Morgan fingerprint density at radius 1 is 0.919 bits per heavy atom. The molecule has 0 saturated carbocycles. The molecule has 0 spiro atoms. The number of amides is 1. The summed E-state index contributed by atoms with van der Waals surface area (Å²) in [6.45, 7) is 4.66. The average molecular weight is 551 g/mol. The minimum atomic E-state index is -0.462. The quantitative estimate of drug-likeness (QED) is 0.180. The molecular weight excluding hydrogens is 524 g/mol. The third-order valence-corrected chi connectivity index (χ3v) is 6.53. The molecule has 5 heteroatoms. The van der Waals surface area contributed by atoms with Crippen LogP contribution in [0, 0.1) is 25.2 Å². The molecule has 4 aromatic carbocycles. The van der Waals surface area contributed by atoms with E-state index in [0.717, 1.165) is 27.6 Å². The van der Waals surface area contributed by atoms with Gasteiger partial charge in [0.05, 0.1) is 0 Å². The number of anilines is 1. The second-order valence-electron chi connectivity index (χ2n) is 8.95. The van der Waals surface area contributed by atoms with Crippen LogP contribution in [0.2, 0.25) is 0 Å². The van der Waals surface area contributed by atoms with Gasteiger partial charge in [0.25, 0.3) is 5.91 Å². The molecule has 0 unspecified atom stereocenters. The van der Waals surface area contributed by atoms with Gasteiger partial charge in [0.2, 0.25) is 0 Å². The van der Waals surface area contributed by atoms with Crippen LogP contribution in [0.15, 0.2) is 101 Å². The second kappa shape index (κ2) is 12.2. The van der Waals surface area contributed by atoms with E-state index in [1.54, 1.807) is 30.3 Å². The van der Waals surface area contributed by atoms with Gasteiger partial charge in [-0.15, -0.1) is 0 Å². The monoisotopic (exact) mass is 550 g/mol. The molecule has 37 heavy (non-hydrogen) atoms. The summed E-state index contributed by atoms with van der Waals surface area (Å²) in [5.41, 5.74) is 7.33. The maximum Gasteiger partial charge on any atom is 0.266 e. The predicted octanol–water partition coefficient (Wildman–Crippen LogP) is 7.78. The standard InChI is InChI=1S/C32H27BrN2O2/c1-22-14-23(2)16-26(15-22)18-27-9-8-25(19-31(27)33)17-28(20-34)32(36)35-29-10-12-30(13-11-29)37-21-24-6-4-3-5-7-24/h3-17,19H,18,21H2,1-2H3,(H,35,36)/b28-17+. The van der Waals surface area contributed by atoms with Crippen LogP contribution in [-0.2, 0) is 17.8 Å². The number of ether oxygens (including phenoxy) is 1. The van der Waals surface area contributed by atoms with Crippen LogP contribution in [0.5, 0.6) is 5.75 Å². The maximum absolute atomic E-state index is 12.8. The normalized spacial score (nSPS) is 11.0. The van der Waals surface area contributed by atoms with Gasteiger partial charge >= 0.3 is 0 Å². The van der Waals surface area contributed by atoms with Crippen LogP contribution in [0.3, 0.4) is 0 Å². The van der Waals surface area contributed by atoms with Gasteiger partial charge in [-0.25, -0.2) is 0 Å².